The molecule has 0 spiro atoms. The van der Waals surface area contributed by atoms with E-state index in [0.717, 1.165) is 0 Å². The van der Waals surface area contributed by atoms with Crippen molar-refractivity contribution in [2.24, 2.45) is 5.92 Å². The molecule has 0 aliphatic heterocycles. The monoisotopic (exact) mass is 557 g/mol. The van der Waals surface area contributed by atoms with Gasteiger partial charge in [-0.15, -0.1) is 23.2 Å². The number of Topliss-reactive ketones (excluding diaryl/α,β-unsaturated/α-hetero) is 1. The molecule has 1 saturated carbocycles. The molecule has 0 heterocycles. The van der Waals surface area contributed by atoms with Gasteiger partial charge in [-0.05, 0) is 48.4 Å². The lowest BCUT2D eigenvalue weighted by atomic mass is 10.0. The highest BCUT2D eigenvalue weighted by Gasteiger charge is 2.67. The van der Waals surface area contributed by atoms with Crippen LogP contribution in [0.1, 0.15) is 41.6 Å². The molecule has 0 bridgehead atoms. The fourth-order valence-electron chi connectivity index (χ4n) is 3.52. The number of anilines is 1. The van der Waals surface area contributed by atoms with Gasteiger partial charge < -0.3 is 10.4 Å². The predicted molar refractivity (Wildman–Crippen MR) is 127 cm³/mol. The van der Waals surface area contributed by atoms with Gasteiger partial charge in [-0.2, -0.15) is 0 Å². The molecule has 4 nitrogen and oxygen atoms in total. The third-order valence-corrected chi connectivity index (χ3v) is 7.05. The Bertz CT molecular complexity index is 1070. The van der Waals surface area contributed by atoms with Gasteiger partial charge in [-0.1, -0.05) is 34.8 Å². The Morgan fingerprint density at radius 3 is 2.30 bits per heavy atom. The molecule has 2 aromatic rings. The minimum absolute atomic E-state index is 0.0260. The average molecular weight is 560 g/mol. The summed E-state index contributed by atoms with van der Waals surface area (Å²) >= 11 is 30.8. The molecule has 0 radical (unpaired) electrons. The van der Waals surface area contributed by atoms with Crippen molar-refractivity contribution in [3.63, 3.8) is 0 Å². The first kappa shape index (κ1) is 26.5. The summed E-state index contributed by atoms with van der Waals surface area (Å²) in [6.45, 7) is 0.571. The zero-order chi connectivity index (χ0) is 24.7. The van der Waals surface area contributed by atoms with Crippen LogP contribution in [0.4, 0.5) is 14.5 Å². The van der Waals surface area contributed by atoms with E-state index in [1.54, 1.807) is 18.2 Å². The third-order valence-electron chi connectivity index (χ3n) is 5.34. The van der Waals surface area contributed by atoms with Gasteiger partial charge in [0.05, 0.1) is 10.9 Å². The normalized spacial score (nSPS) is 20.3. The molecular formula is C22H18Cl5F2NO3. The molecule has 1 aliphatic carbocycles. The number of halogens is 7. The van der Waals surface area contributed by atoms with Gasteiger partial charge in [0.1, 0.15) is 10.4 Å². The summed E-state index contributed by atoms with van der Waals surface area (Å²) in [5.41, 5.74) is 0.877. The fraction of sp³-hybridized carbons (Fsp3) is 0.364. The van der Waals surface area contributed by atoms with Crippen molar-refractivity contribution >= 4 is 75.4 Å². The molecule has 178 valence electrons. The van der Waals surface area contributed by atoms with Crippen molar-refractivity contribution in [1.82, 2.24) is 0 Å². The molecule has 1 aliphatic rings. The number of aliphatic hydroxyl groups excluding tert-OH is 1. The highest BCUT2D eigenvalue weighted by Crippen LogP contribution is 2.65. The standard InChI is InChI=1S/C22H18Cl5F2NO3/c1-21(28,29)17(32)5-4-16(31)14-9-13(2-3-15(14)25)30-20(33)19-18(22(19,26)27)10-6-11(23)8-12(24)7-10/h2-3,6-9,17-19,32H,4-5H2,1H3,(H,30,33). The van der Waals surface area contributed by atoms with E-state index in [1.807, 2.05) is 0 Å². The molecule has 11 heteroatoms. The molecule has 3 rings (SSSR count). The van der Waals surface area contributed by atoms with E-state index in [4.69, 9.17) is 58.0 Å². The topological polar surface area (TPSA) is 66.4 Å². The second-order valence-corrected chi connectivity index (χ2v) is 10.7. The Kier molecular flexibility index (Phi) is 7.89. The van der Waals surface area contributed by atoms with Gasteiger partial charge in [0.15, 0.2) is 5.78 Å². The summed E-state index contributed by atoms with van der Waals surface area (Å²) in [4.78, 5) is 25.3. The highest BCUT2D eigenvalue weighted by molar-refractivity contribution is 6.53. The second kappa shape index (κ2) is 9.84. The van der Waals surface area contributed by atoms with Crippen molar-refractivity contribution in [2.75, 3.05) is 5.32 Å². The zero-order valence-corrected chi connectivity index (χ0v) is 20.8. The van der Waals surface area contributed by atoms with Crippen LogP contribution in [-0.4, -0.2) is 33.2 Å². The molecular weight excluding hydrogens is 542 g/mol. The maximum atomic E-state index is 13.1. The van der Waals surface area contributed by atoms with Gasteiger partial charge in [-0.25, -0.2) is 8.78 Å². The number of ketones is 1. The second-order valence-electron chi connectivity index (χ2n) is 7.95. The largest absolute Gasteiger partial charge is 0.387 e. The Morgan fingerprint density at radius 2 is 1.73 bits per heavy atom. The van der Waals surface area contributed by atoms with Crippen LogP contribution in [-0.2, 0) is 4.79 Å². The van der Waals surface area contributed by atoms with Gasteiger partial charge in [0.2, 0.25) is 5.91 Å². The van der Waals surface area contributed by atoms with Crippen molar-refractivity contribution in [1.29, 1.82) is 0 Å². The Labute approximate surface area is 214 Å². The molecule has 0 aromatic heterocycles. The van der Waals surface area contributed by atoms with Crippen LogP contribution in [0.2, 0.25) is 15.1 Å². The maximum Gasteiger partial charge on any atom is 0.270 e. The number of hydrogen-bond donors (Lipinski definition) is 2. The lowest BCUT2D eigenvalue weighted by molar-refractivity contribution is -0.117. The molecule has 3 unspecified atom stereocenters. The summed E-state index contributed by atoms with van der Waals surface area (Å²) in [7, 11) is 0. The van der Waals surface area contributed by atoms with E-state index in [2.05, 4.69) is 5.32 Å². The molecule has 0 saturated heterocycles. The van der Waals surface area contributed by atoms with Gasteiger partial charge >= 0.3 is 0 Å². The summed E-state index contributed by atoms with van der Waals surface area (Å²) in [5.74, 6) is -5.75. The quantitative estimate of drug-likeness (QED) is 0.267. The maximum absolute atomic E-state index is 13.1. The number of hydrogen-bond acceptors (Lipinski definition) is 3. The van der Waals surface area contributed by atoms with Gasteiger partial charge in [0, 0.05) is 40.6 Å². The molecule has 1 fully saturated rings. The van der Waals surface area contributed by atoms with Crippen LogP contribution in [0, 0.1) is 5.92 Å². The van der Waals surface area contributed by atoms with E-state index in [1.165, 1.54) is 18.2 Å². The number of alkyl halides is 4. The third kappa shape index (κ3) is 6.11. The number of benzene rings is 2. The molecule has 1 amide bonds. The number of amides is 1. The van der Waals surface area contributed by atoms with E-state index >= 15 is 0 Å². The molecule has 2 N–H and O–H groups in total. The minimum Gasteiger partial charge on any atom is -0.387 e. The number of nitrogens with one attached hydrogen (secondary N) is 1. The first-order valence-corrected chi connectivity index (χ1v) is 11.6. The molecule has 33 heavy (non-hydrogen) atoms. The van der Waals surface area contributed by atoms with Crippen LogP contribution in [0.25, 0.3) is 0 Å². The zero-order valence-electron chi connectivity index (χ0n) is 17.0. The summed E-state index contributed by atoms with van der Waals surface area (Å²) in [6.07, 6.45) is -2.76. The average Bonchev–Trinajstić information content (AvgIpc) is 3.28. The Hall–Kier alpha value is -1.15. The van der Waals surface area contributed by atoms with Crippen LogP contribution >= 0.6 is 58.0 Å². The van der Waals surface area contributed by atoms with Gasteiger partial charge in [0.25, 0.3) is 5.92 Å². The van der Waals surface area contributed by atoms with Crippen molar-refractivity contribution in [2.45, 2.75) is 42.0 Å². The van der Waals surface area contributed by atoms with Gasteiger partial charge in [-0.3, -0.25) is 9.59 Å². The number of rotatable bonds is 8. The number of carbonyl (C=O) groups excluding carboxylic acids is 2. The smallest absolute Gasteiger partial charge is 0.270 e. The minimum atomic E-state index is -3.33. The highest BCUT2D eigenvalue weighted by atomic mass is 35.5. The van der Waals surface area contributed by atoms with E-state index < -0.39 is 46.3 Å². The summed E-state index contributed by atoms with van der Waals surface area (Å²) in [5, 5.41) is 12.9. The first-order chi connectivity index (χ1) is 15.2. The lowest BCUT2D eigenvalue weighted by Crippen LogP contribution is -2.30. The molecule has 2 aromatic carbocycles. The summed E-state index contributed by atoms with van der Waals surface area (Å²) < 4.78 is 24.9. The van der Waals surface area contributed by atoms with Crippen molar-refractivity contribution < 1.29 is 23.5 Å². The lowest BCUT2D eigenvalue weighted by Gasteiger charge is -2.17. The number of aliphatic hydroxyl groups is 1. The van der Waals surface area contributed by atoms with Crippen LogP contribution < -0.4 is 5.32 Å². The summed E-state index contributed by atoms with van der Waals surface area (Å²) in [6, 6.07) is 8.99. The first-order valence-electron chi connectivity index (χ1n) is 9.75. The molecule has 3 atom stereocenters. The van der Waals surface area contributed by atoms with E-state index in [-0.39, 0.29) is 22.7 Å². The van der Waals surface area contributed by atoms with Crippen molar-refractivity contribution in [3.05, 3.63) is 62.6 Å². The fourth-order valence-corrected chi connectivity index (χ4v) is 5.11. The number of carbonyl (C=O) groups is 2. The Morgan fingerprint density at radius 1 is 1.12 bits per heavy atom. The van der Waals surface area contributed by atoms with Crippen LogP contribution in [0.5, 0.6) is 0 Å². The van der Waals surface area contributed by atoms with Crippen LogP contribution in [0.3, 0.4) is 0 Å². The van der Waals surface area contributed by atoms with Crippen LogP contribution in [0.15, 0.2) is 36.4 Å². The van der Waals surface area contributed by atoms with Crippen molar-refractivity contribution in [3.8, 4) is 0 Å². The van der Waals surface area contributed by atoms with E-state index in [9.17, 15) is 23.5 Å². The predicted octanol–water partition coefficient (Wildman–Crippen LogP) is 7.15. The van der Waals surface area contributed by atoms with E-state index in [0.29, 0.717) is 22.5 Å². The SMILES string of the molecule is CC(F)(F)C(O)CCC(=O)c1cc(NC(=O)C2C(c3cc(Cl)cc(Cl)c3)C2(Cl)Cl)ccc1Cl. The Balaban J connectivity index is 1.72.